The fourth-order valence-electron chi connectivity index (χ4n) is 4.91. The molecule has 0 unspecified atom stereocenters. The van der Waals surface area contributed by atoms with E-state index in [4.69, 9.17) is 0 Å². The SMILES string of the molecule is Cc1c(O)c(O)cc(-c2ccccc2-c2cc(O)c(O)c(C)c2-c2ccccc2)c1-c1ccccc1. The highest BCUT2D eigenvalue weighted by atomic mass is 16.3. The second-order valence-electron chi connectivity index (χ2n) is 8.86. The molecule has 0 aliphatic carbocycles. The summed E-state index contributed by atoms with van der Waals surface area (Å²) in [5, 5.41) is 42.4. The maximum Gasteiger partial charge on any atom is 0.161 e. The van der Waals surface area contributed by atoms with Crippen LogP contribution in [0.1, 0.15) is 11.1 Å². The molecule has 0 amide bonds. The van der Waals surface area contributed by atoms with Gasteiger partial charge >= 0.3 is 0 Å². The van der Waals surface area contributed by atoms with Crippen molar-refractivity contribution in [2.45, 2.75) is 13.8 Å². The quantitative estimate of drug-likeness (QED) is 0.200. The van der Waals surface area contributed by atoms with E-state index in [1.54, 1.807) is 26.0 Å². The van der Waals surface area contributed by atoms with Gasteiger partial charge in [-0.1, -0.05) is 84.9 Å². The van der Waals surface area contributed by atoms with Crippen LogP contribution in [0.2, 0.25) is 0 Å². The standard InChI is InChI=1S/C32H26O4/c1-19-29(21-11-5-3-6-12-21)25(17-27(33)31(19)35)23-15-9-10-16-24(23)26-18-28(34)32(36)20(2)30(26)22-13-7-4-8-14-22/h3-18,33-36H,1-2H3. The van der Waals surface area contributed by atoms with Crippen LogP contribution in [-0.2, 0) is 0 Å². The van der Waals surface area contributed by atoms with Crippen LogP contribution >= 0.6 is 0 Å². The van der Waals surface area contributed by atoms with Crippen molar-refractivity contribution in [3.05, 3.63) is 108 Å². The van der Waals surface area contributed by atoms with Crippen LogP contribution in [0.5, 0.6) is 23.0 Å². The molecule has 5 rings (SSSR count). The van der Waals surface area contributed by atoms with Gasteiger partial charge in [-0.2, -0.15) is 0 Å². The zero-order valence-electron chi connectivity index (χ0n) is 20.0. The van der Waals surface area contributed by atoms with Crippen molar-refractivity contribution in [1.82, 2.24) is 0 Å². The van der Waals surface area contributed by atoms with Gasteiger partial charge in [0.15, 0.2) is 23.0 Å². The Hall–Kier alpha value is -4.70. The Bertz CT molecular complexity index is 1450. The largest absolute Gasteiger partial charge is 0.504 e. The molecule has 0 heterocycles. The first-order valence-corrected chi connectivity index (χ1v) is 11.7. The van der Waals surface area contributed by atoms with Crippen molar-refractivity contribution in [1.29, 1.82) is 0 Å². The Labute approximate surface area is 210 Å². The average molecular weight is 475 g/mol. The van der Waals surface area contributed by atoms with Gasteiger partial charge in [-0.3, -0.25) is 0 Å². The minimum atomic E-state index is -0.204. The van der Waals surface area contributed by atoms with E-state index >= 15 is 0 Å². The minimum Gasteiger partial charge on any atom is -0.504 e. The van der Waals surface area contributed by atoms with Crippen LogP contribution in [0.25, 0.3) is 44.5 Å². The van der Waals surface area contributed by atoms with Gasteiger partial charge in [0.05, 0.1) is 0 Å². The van der Waals surface area contributed by atoms with E-state index in [-0.39, 0.29) is 23.0 Å². The van der Waals surface area contributed by atoms with Gasteiger partial charge in [0, 0.05) is 11.1 Å². The maximum atomic E-state index is 10.6. The van der Waals surface area contributed by atoms with Crippen molar-refractivity contribution < 1.29 is 20.4 Å². The van der Waals surface area contributed by atoms with Crippen molar-refractivity contribution in [3.8, 4) is 67.5 Å². The Morgan fingerprint density at radius 2 is 0.750 bits per heavy atom. The van der Waals surface area contributed by atoms with Crippen LogP contribution in [0.15, 0.2) is 97.1 Å². The third kappa shape index (κ3) is 3.83. The van der Waals surface area contributed by atoms with Gasteiger partial charge in [-0.15, -0.1) is 0 Å². The normalized spacial score (nSPS) is 10.9. The Balaban J connectivity index is 1.87. The first-order chi connectivity index (χ1) is 17.4. The molecule has 178 valence electrons. The van der Waals surface area contributed by atoms with Gasteiger partial charge in [0.2, 0.25) is 0 Å². The van der Waals surface area contributed by atoms with Gasteiger partial charge in [-0.25, -0.2) is 0 Å². The molecule has 4 heteroatoms. The number of phenols is 4. The summed E-state index contributed by atoms with van der Waals surface area (Å²) in [5.74, 6) is -0.716. The number of hydrogen-bond donors (Lipinski definition) is 4. The van der Waals surface area contributed by atoms with E-state index in [0.29, 0.717) is 11.1 Å². The molecule has 0 saturated carbocycles. The minimum absolute atomic E-state index is 0.154. The fourth-order valence-corrected chi connectivity index (χ4v) is 4.91. The molecular weight excluding hydrogens is 448 g/mol. The highest BCUT2D eigenvalue weighted by Crippen LogP contribution is 2.49. The van der Waals surface area contributed by atoms with E-state index in [1.165, 1.54) is 0 Å². The van der Waals surface area contributed by atoms with Crippen LogP contribution in [0.3, 0.4) is 0 Å². The summed E-state index contributed by atoms with van der Waals surface area (Å²) in [6.45, 7) is 3.57. The third-order valence-electron chi connectivity index (χ3n) is 6.68. The zero-order valence-corrected chi connectivity index (χ0v) is 20.0. The van der Waals surface area contributed by atoms with E-state index in [2.05, 4.69) is 0 Å². The van der Waals surface area contributed by atoms with Crippen LogP contribution in [-0.4, -0.2) is 20.4 Å². The highest BCUT2D eigenvalue weighted by molar-refractivity contribution is 5.99. The van der Waals surface area contributed by atoms with Crippen molar-refractivity contribution in [3.63, 3.8) is 0 Å². The fraction of sp³-hybridized carbons (Fsp3) is 0.0625. The first kappa shape index (κ1) is 23.1. The molecule has 4 N–H and O–H groups in total. The first-order valence-electron chi connectivity index (χ1n) is 11.7. The Morgan fingerprint density at radius 1 is 0.417 bits per heavy atom. The van der Waals surface area contributed by atoms with Gasteiger partial charge in [-0.05, 0) is 70.5 Å². The van der Waals surface area contributed by atoms with Crippen LogP contribution in [0, 0.1) is 13.8 Å². The predicted octanol–water partition coefficient (Wildman–Crippen LogP) is 7.79. The lowest BCUT2D eigenvalue weighted by atomic mass is 9.83. The molecule has 5 aromatic carbocycles. The zero-order chi connectivity index (χ0) is 25.4. The third-order valence-corrected chi connectivity index (χ3v) is 6.68. The Morgan fingerprint density at radius 3 is 1.11 bits per heavy atom. The molecule has 4 nitrogen and oxygen atoms in total. The molecule has 0 spiro atoms. The average Bonchev–Trinajstić information content (AvgIpc) is 2.91. The summed E-state index contributed by atoms with van der Waals surface area (Å²) in [6, 6.07) is 30.4. The monoisotopic (exact) mass is 474 g/mol. The predicted molar refractivity (Wildman–Crippen MR) is 144 cm³/mol. The lowest BCUT2D eigenvalue weighted by molar-refractivity contribution is 0.401. The molecule has 0 aliphatic rings. The number of rotatable bonds is 4. The Kier molecular flexibility index (Phi) is 5.87. The molecule has 0 aliphatic heterocycles. The second kappa shape index (κ2) is 9.16. The summed E-state index contributed by atoms with van der Waals surface area (Å²) in [4.78, 5) is 0. The molecule has 0 atom stereocenters. The summed E-state index contributed by atoms with van der Waals surface area (Å²) in [5.41, 5.74) is 7.68. The highest BCUT2D eigenvalue weighted by Gasteiger charge is 2.23. The van der Waals surface area contributed by atoms with E-state index < -0.39 is 0 Å². The summed E-state index contributed by atoms with van der Waals surface area (Å²) >= 11 is 0. The van der Waals surface area contributed by atoms with Gasteiger partial charge < -0.3 is 20.4 Å². The van der Waals surface area contributed by atoms with Gasteiger partial charge in [0.25, 0.3) is 0 Å². The van der Waals surface area contributed by atoms with E-state index in [1.807, 2.05) is 84.9 Å². The maximum absolute atomic E-state index is 10.6. The molecule has 0 fully saturated rings. The van der Waals surface area contributed by atoms with Crippen LogP contribution < -0.4 is 0 Å². The number of hydrogen-bond acceptors (Lipinski definition) is 4. The lowest BCUT2D eigenvalue weighted by Gasteiger charge is -2.21. The summed E-state index contributed by atoms with van der Waals surface area (Å²) in [6.07, 6.45) is 0. The number of phenolic OH excluding ortho intramolecular Hbond substituents is 4. The molecule has 0 saturated heterocycles. The molecule has 0 bridgehead atoms. The molecule has 5 aromatic rings. The molecular formula is C32H26O4. The smallest absolute Gasteiger partial charge is 0.161 e. The molecule has 36 heavy (non-hydrogen) atoms. The molecule has 0 aromatic heterocycles. The topological polar surface area (TPSA) is 80.9 Å². The number of aromatic hydroxyl groups is 4. The molecule has 0 radical (unpaired) electrons. The lowest BCUT2D eigenvalue weighted by Crippen LogP contribution is -1.95. The van der Waals surface area contributed by atoms with E-state index in [9.17, 15) is 20.4 Å². The number of benzene rings is 5. The second-order valence-corrected chi connectivity index (χ2v) is 8.86. The van der Waals surface area contributed by atoms with Gasteiger partial charge in [0.1, 0.15) is 0 Å². The van der Waals surface area contributed by atoms with Crippen LogP contribution in [0.4, 0.5) is 0 Å². The summed E-state index contributed by atoms with van der Waals surface area (Å²) in [7, 11) is 0. The van der Waals surface area contributed by atoms with Crippen molar-refractivity contribution in [2.24, 2.45) is 0 Å². The van der Waals surface area contributed by atoms with Crippen molar-refractivity contribution in [2.75, 3.05) is 0 Å². The van der Waals surface area contributed by atoms with Crippen molar-refractivity contribution >= 4 is 0 Å². The van der Waals surface area contributed by atoms with E-state index in [0.717, 1.165) is 44.5 Å². The summed E-state index contributed by atoms with van der Waals surface area (Å²) < 4.78 is 0.